The zero-order valence-electron chi connectivity index (χ0n) is 12.3. The summed E-state index contributed by atoms with van der Waals surface area (Å²) in [5.41, 5.74) is 1.27. The van der Waals surface area contributed by atoms with Crippen LogP contribution in [0.4, 0.5) is 0 Å². The van der Waals surface area contributed by atoms with Crippen LogP contribution in [0.3, 0.4) is 0 Å². The summed E-state index contributed by atoms with van der Waals surface area (Å²) in [4.78, 5) is 13.0. The molecule has 1 aromatic heterocycles. The molecule has 2 heteroatoms. The highest BCUT2D eigenvalue weighted by atomic mass is 16.1. The second-order valence-electron chi connectivity index (χ2n) is 7.67. The first kappa shape index (κ1) is 12.6. The monoisotopic (exact) mass is 270 g/mol. The summed E-state index contributed by atoms with van der Waals surface area (Å²) in [5, 5.41) is 0. The Morgan fingerprint density at radius 1 is 1.20 bits per heavy atom. The number of nitrogens with zero attached hydrogens (tertiary/aromatic N) is 1. The predicted molar refractivity (Wildman–Crippen MR) is 77.0 cm³/mol. The van der Waals surface area contributed by atoms with E-state index in [1.165, 1.54) is 44.1 Å². The van der Waals surface area contributed by atoms with Crippen molar-refractivity contribution in [2.24, 2.45) is 23.2 Å². The molecule has 0 radical (unpaired) electrons. The number of rotatable bonds is 3. The van der Waals surface area contributed by atoms with Crippen molar-refractivity contribution in [3.63, 3.8) is 0 Å². The molecule has 4 aliphatic rings. The van der Waals surface area contributed by atoms with Gasteiger partial charge in [0.1, 0.15) is 0 Å². The maximum atomic E-state index is 13.0. The lowest BCUT2D eigenvalue weighted by atomic mass is 9.48. The lowest BCUT2D eigenvalue weighted by Gasteiger charge is -2.55. The van der Waals surface area contributed by atoms with Crippen LogP contribution in [0.25, 0.3) is 0 Å². The number of ketones is 1. The molecule has 4 bridgehead atoms. The van der Waals surface area contributed by atoms with Gasteiger partial charge in [0.2, 0.25) is 12.3 Å². The molecule has 0 N–H and O–H groups in total. The van der Waals surface area contributed by atoms with Crippen LogP contribution in [0.1, 0.15) is 44.1 Å². The molecule has 20 heavy (non-hydrogen) atoms. The highest BCUT2D eigenvalue weighted by Gasteiger charge is 2.54. The minimum atomic E-state index is 0.0471. The highest BCUT2D eigenvalue weighted by Crippen LogP contribution is 2.60. The van der Waals surface area contributed by atoms with Gasteiger partial charge in [-0.25, -0.2) is 0 Å². The summed E-state index contributed by atoms with van der Waals surface area (Å²) in [6.45, 7) is 2.67. The molecule has 4 aliphatic carbocycles. The van der Waals surface area contributed by atoms with E-state index < -0.39 is 0 Å². The van der Waals surface area contributed by atoms with E-state index in [-0.39, 0.29) is 5.41 Å². The van der Waals surface area contributed by atoms with Crippen molar-refractivity contribution in [1.82, 2.24) is 0 Å². The van der Waals surface area contributed by atoms with Crippen LogP contribution in [-0.2, 0) is 11.3 Å². The first-order valence-electron chi connectivity index (χ1n) is 8.12. The number of carbonyl (C=O) groups is 1. The molecule has 4 fully saturated rings. The van der Waals surface area contributed by atoms with Gasteiger partial charge in [0.25, 0.3) is 0 Å². The van der Waals surface area contributed by atoms with Crippen LogP contribution in [0.2, 0.25) is 0 Å². The number of hydrogen-bond acceptors (Lipinski definition) is 1. The van der Waals surface area contributed by atoms with Gasteiger partial charge < -0.3 is 0 Å². The van der Waals surface area contributed by atoms with Crippen molar-refractivity contribution in [3.05, 3.63) is 30.1 Å². The molecule has 0 aliphatic heterocycles. The van der Waals surface area contributed by atoms with E-state index in [1.54, 1.807) is 0 Å². The van der Waals surface area contributed by atoms with Crippen molar-refractivity contribution in [2.45, 2.75) is 52.0 Å². The van der Waals surface area contributed by atoms with Gasteiger partial charge in [0.05, 0.1) is 0 Å². The van der Waals surface area contributed by atoms with Crippen molar-refractivity contribution >= 4 is 5.78 Å². The lowest BCUT2D eigenvalue weighted by molar-refractivity contribution is -0.685. The average Bonchev–Trinajstić information content (AvgIpc) is 2.37. The first-order valence-corrected chi connectivity index (χ1v) is 8.12. The number of Topliss-reactive ketones (excluding diaryl/α,β-unsaturated/α-hetero) is 1. The van der Waals surface area contributed by atoms with E-state index in [1.807, 2.05) is 12.3 Å². The van der Waals surface area contributed by atoms with Crippen LogP contribution in [0.5, 0.6) is 0 Å². The predicted octanol–water partition coefficient (Wildman–Crippen LogP) is 3.07. The Morgan fingerprint density at radius 3 is 2.35 bits per heavy atom. The number of pyridine rings is 1. The number of aryl methyl sites for hydroxylation is 1. The minimum Gasteiger partial charge on any atom is -0.292 e. The highest BCUT2D eigenvalue weighted by molar-refractivity contribution is 5.84. The topological polar surface area (TPSA) is 20.9 Å². The zero-order valence-corrected chi connectivity index (χ0v) is 12.3. The van der Waals surface area contributed by atoms with Crippen molar-refractivity contribution in [2.75, 3.05) is 0 Å². The van der Waals surface area contributed by atoms with E-state index in [0.29, 0.717) is 12.3 Å². The molecule has 0 unspecified atom stereocenters. The minimum absolute atomic E-state index is 0.0471. The van der Waals surface area contributed by atoms with E-state index in [4.69, 9.17) is 0 Å². The summed E-state index contributed by atoms with van der Waals surface area (Å²) in [7, 11) is 0. The van der Waals surface area contributed by atoms with E-state index in [0.717, 1.165) is 17.8 Å². The summed E-state index contributed by atoms with van der Waals surface area (Å²) < 4.78 is 2.08. The molecule has 2 nitrogen and oxygen atoms in total. The average molecular weight is 270 g/mol. The first-order chi connectivity index (χ1) is 9.63. The van der Waals surface area contributed by atoms with Gasteiger partial charge in [0, 0.05) is 17.0 Å². The van der Waals surface area contributed by atoms with Gasteiger partial charge in [-0.1, -0.05) is 0 Å². The molecule has 106 valence electrons. The molecule has 0 spiro atoms. The maximum absolute atomic E-state index is 13.0. The summed E-state index contributed by atoms with van der Waals surface area (Å²) >= 11 is 0. The van der Waals surface area contributed by atoms with Gasteiger partial charge in [-0.05, 0) is 69.3 Å². The van der Waals surface area contributed by atoms with Crippen molar-refractivity contribution in [3.8, 4) is 0 Å². The van der Waals surface area contributed by atoms with Gasteiger partial charge in [0.15, 0.2) is 12.4 Å². The smallest absolute Gasteiger partial charge is 0.207 e. The fourth-order valence-corrected chi connectivity index (χ4v) is 5.54. The van der Waals surface area contributed by atoms with Crippen LogP contribution in [0, 0.1) is 30.1 Å². The molecule has 1 aromatic rings. The second kappa shape index (κ2) is 4.41. The lowest BCUT2D eigenvalue weighted by Crippen LogP contribution is -2.53. The fraction of sp³-hybridized carbons (Fsp3) is 0.667. The van der Waals surface area contributed by atoms with Gasteiger partial charge >= 0.3 is 0 Å². The van der Waals surface area contributed by atoms with E-state index in [9.17, 15) is 4.79 Å². The van der Waals surface area contributed by atoms with E-state index in [2.05, 4.69) is 23.8 Å². The number of aromatic nitrogens is 1. The zero-order chi connectivity index (χ0) is 13.7. The summed E-state index contributed by atoms with van der Waals surface area (Å²) in [5.74, 6) is 3.07. The molecule has 1 heterocycles. The molecule has 0 amide bonds. The normalized spacial score (nSPS) is 38.1. The summed E-state index contributed by atoms with van der Waals surface area (Å²) in [6, 6.07) is 4.13. The molecule has 0 saturated heterocycles. The Bertz CT molecular complexity index is 513. The molecular weight excluding hydrogens is 246 g/mol. The molecule has 0 atom stereocenters. The molecule has 5 rings (SSSR count). The largest absolute Gasteiger partial charge is 0.292 e. The van der Waals surface area contributed by atoms with Crippen molar-refractivity contribution in [1.29, 1.82) is 0 Å². The van der Waals surface area contributed by atoms with Crippen molar-refractivity contribution < 1.29 is 9.36 Å². The fourth-order valence-electron chi connectivity index (χ4n) is 5.54. The van der Waals surface area contributed by atoms with E-state index >= 15 is 0 Å². The number of hydrogen-bond donors (Lipinski definition) is 0. The van der Waals surface area contributed by atoms with Gasteiger partial charge in [-0.15, -0.1) is 0 Å². The third-order valence-electron chi connectivity index (χ3n) is 5.96. The van der Waals surface area contributed by atoms with Crippen LogP contribution >= 0.6 is 0 Å². The third kappa shape index (κ3) is 2.01. The Balaban J connectivity index is 1.56. The Kier molecular flexibility index (Phi) is 2.77. The quantitative estimate of drug-likeness (QED) is 0.773. The Hall–Kier alpha value is -1.18. The van der Waals surface area contributed by atoms with Gasteiger partial charge in [-0.2, -0.15) is 4.57 Å². The van der Waals surface area contributed by atoms with Crippen LogP contribution in [0.15, 0.2) is 24.5 Å². The summed E-state index contributed by atoms with van der Waals surface area (Å²) in [6.07, 6.45) is 11.9. The SMILES string of the molecule is Cc1ccc[n+](CC(=O)C23CC4CC(CC(C4)C2)C3)c1. The number of carbonyl (C=O) groups excluding carboxylic acids is 1. The molecular formula is C18H24NO+. The Labute approximate surface area is 121 Å². The van der Waals surface area contributed by atoms with Crippen LogP contribution < -0.4 is 4.57 Å². The third-order valence-corrected chi connectivity index (χ3v) is 5.96. The Morgan fingerprint density at radius 2 is 1.80 bits per heavy atom. The maximum Gasteiger partial charge on any atom is 0.207 e. The molecule has 0 aromatic carbocycles. The second-order valence-corrected chi connectivity index (χ2v) is 7.67. The standard InChI is InChI=1S/C18H24NO/c1-13-3-2-4-19(11-13)12-17(20)18-8-14-5-15(9-18)7-16(6-14)10-18/h2-4,11,14-16H,5-10,12H2,1H3/q+1. The molecule has 4 saturated carbocycles. The van der Waals surface area contributed by atoms with Crippen LogP contribution in [-0.4, -0.2) is 5.78 Å². The van der Waals surface area contributed by atoms with Gasteiger partial charge in [-0.3, -0.25) is 4.79 Å².